The van der Waals surface area contributed by atoms with Gasteiger partial charge in [-0.25, -0.2) is 0 Å². The lowest BCUT2D eigenvalue weighted by atomic mass is 9.92. The molecule has 2 atom stereocenters. The van der Waals surface area contributed by atoms with Crippen LogP contribution in [0.4, 0.5) is 0 Å². The summed E-state index contributed by atoms with van der Waals surface area (Å²) in [7, 11) is -3.73. The molecule has 0 amide bonds. The molecule has 0 heterocycles. The molecule has 1 nitrogen and oxygen atoms in total. The Kier molecular flexibility index (Phi) is 6.27. The molecule has 1 aliphatic carbocycles. The Hall–Kier alpha value is 0.538. The van der Waals surface area contributed by atoms with E-state index in [0.717, 1.165) is 6.42 Å². The summed E-state index contributed by atoms with van der Waals surface area (Å²) in [4.78, 5) is 13.1. The second-order valence-electron chi connectivity index (χ2n) is 11.4. The van der Waals surface area contributed by atoms with Crippen molar-refractivity contribution in [2.24, 2.45) is 17.8 Å². The van der Waals surface area contributed by atoms with Gasteiger partial charge in [-0.2, -0.15) is 0 Å². The Morgan fingerprint density at radius 3 is 1.48 bits per heavy atom. The smallest absolute Gasteiger partial charge is 0.138 e. The van der Waals surface area contributed by atoms with Crippen LogP contribution in [0.1, 0.15) is 26.7 Å². The van der Waals surface area contributed by atoms with Gasteiger partial charge in [0, 0.05) is 41.2 Å². The summed E-state index contributed by atoms with van der Waals surface area (Å²) in [5.41, 5.74) is 0. The lowest BCUT2D eigenvalue weighted by Crippen LogP contribution is -2.83. The molecule has 1 fully saturated rings. The first kappa shape index (κ1) is 21.6. The van der Waals surface area contributed by atoms with Gasteiger partial charge in [0.15, 0.2) is 0 Å². The van der Waals surface area contributed by atoms with Crippen molar-refractivity contribution in [1.29, 1.82) is 0 Å². The molecule has 0 aromatic rings. The van der Waals surface area contributed by atoms with Crippen molar-refractivity contribution >= 4 is 35.2 Å². The first-order valence-electron chi connectivity index (χ1n) is 9.60. The van der Waals surface area contributed by atoms with E-state index in [1.807, 2.05) is 0 Å². The second-order valence-corrected chi connectivity index (χ2v) is 52.8. The van der Waals surface area contributed by atoms with Gasteiger partial charge in [-0.3, -0.25) is 4.79 Å². The summed E-state index contributed by atoms with van der Waals surface area (Å²) in [6.07, 6.45) is 2.35. The molecule has 136 valence electrons. The number of Topliss-reactive ketones (excluding diaryl/α,β-unsaturated/α-hetero) is 1. The molecule has 0 spiro atoms. The van der Waals surface area contributed by atoms with E-state index in [4.69, 9.17) is 0 Å². The van der Waals surface area contributed by atoms with Gasteiger partial charge in [-0.05, 0) is 18.8 Å². The van der Waals surface area contributed by atoms with E-state index in [0.29, 0.717) is 23.5 Å². The van der Waals surface area contributed by atoms with Gasteiger partial charge in [-0.15, -0.1) is 0 Å². The van der Waals surface area contributed by atoms with Gasteiger partial charge >= 0.3 is 0 Å². The third-order valence-corrected chi connectivity index (χ3v) is 81.0. The van der Waals surface area contributed by atoms with Crippen LogP contribution in [0.5, 0.6) is 0 Å². The molecule has 1 aliphatic rings. The van der Waals surface area contributed by atoms with Crippen molar-refractivity contribution < 1.29 is 4.79 Å². The van der Waals surface area contributed by atoms with Crippen LogP contribution in [0.2, 0.25) is 65.0 Å². The molecule has 0 aromatic carbocycles. The van der Waals surface area contributed by atoms with E-state index in [1.165, 1.54) is 12.5 Å². The monoisotopic (exact) mass is 386 g/mol. The fourth-order valence-electron chi connectivity index (χ4n) is 6.50. The summed E-state index contributed by atoms with van der Waals surface area (Å²) in [6.45, 7) is 26.9. The van der Waals surface area contributed by atoms with Gasteiger partial charge in [-0.1, -0.05) is 78.8 Å². The van der Waals surface area contributed by atoms with Crippen LogP contribution in [0.15, 0.2) is 0 Å². The Morgan fingerprint density at radius 1 is 0.826 bits per heavy atom. The highest BCUT2D eigenvalue weighted by atomic mass is 29.9. The van der Waals surface area contributed by atoms with Crippen LogP contribution in [0.3, 0.4) is 0 Å². The van der Waals surface area contributed by atoms with Crippen molar-refractivity contribution in [3.8, 4) is 0 Å². The second kappa shape index (κ2) is 6.69. The molecular formula is C18H42OSi4. The van der Waals surface area contributed by atoms with E-state index in [1.54, 1.807) is 0 Å². The maximum Gasteiger partial charge on any atom is 0.138 e. The number of ketones is 1. The van der Waals surface area contributed by atoms with Crippen LogP contribution >= 0.6 is 0 Å². The Bertz CT molecular complexity index is 401. The molecule has 0 bridgehead atoms. The van der Waals surface area contributed by atoms with Gasteiger partial charge in [0.1, 0.15) is 5.78 Å². The highest BCUT2D eigenvalue weighted by Crippen LogP contribution is 2.46. The molecule has 1 rings (SSSR count). The molecular weight excluding hydrogens is 345 g/mol. The van der Waals surface area contributed by atoms with Crippen molar-refractivity contribution in [3.63, 3.8) is 0 Å². The number of hydrogen-bond donors (Lipinski definition) is 0. The number of rotatable bonds is 6. The van der Waals surface area contributed by atoms with Crippen molar-refractivity contribution in [3.05, 3.63) is 0 Å². The predicted octanol–water partition coefficient (Wildman–Crippen LogP) is 5.94. The standard InChI is InChI=1S/C18H42OSi4/c1-15(2)17-13-12-16(18(17)19)14-23(20(3,4)5,21(6,7)8)22(9,10)11/h15-17H,12-14H2,1-11H3/t16-,17-/m1/s1. The van der Waals surface area contributed by atoms with Crippen molar-refractivity contribution in [2.75, 3.05) is 0 Å². The zero-order valence-electron chi connectivity index (χ0n) is 17.8. The van der Waals surface area contributed by atoms with Gasteiger partial charge in [0.25, 0.3) is 0 Å². The van der Waals surface area contributed by atoms with E-state index >= 15 is 0 Å². The van der Waals surface area contributed by atoms with E-state index < -0.39 is 29.4 Å². The molecule has 0 N–H and O–H groups in total. The first-order valence-corrected chi connectivity index (χ1v) is 25.3. The van der Waals surface area contributed by atoms with Crippen LogP contribution in [-0.4, -0.2) is 35.2 Å². The largest absolute Gasteiger partial charge is 0.299 e. The molecule has 5 heteroatoms. The quantitative estimate of drug-likeness (QED) is 0.516. The molecule has 0 unspecified atom stereocenters. The predicted molar refractivity (Wildman–Crippen MR) is 117 cm³/mol. The maximum absolute atomic E-state index is 13.1. The normalized spacial score (nSPS) is 24.6. The third kappa shape index (κ3) is 3.87. The van der Waals surface area contributed by atoms with E-state index in [2.05, 4.69) is 72.8 Å². The SMILES string of the molecule is CC(C)[C@H]1CC[C@H](C[Si]([Si](C)(C)C)([Si](C)(C)C)[Si](C)(C)C)C1=O. The number of hydrogen-bond acceptors (Lipinski definition) is 1. The molecule has 0 saturated heterocycles. The lowest BCUT2D eigenvalue weighted by Gasteiger charge is -2.58. The minimum absolute atomic E-state index is 0.358. The molecule has 23 heavy (non-hydrogen) atoms. The average molecular weight is 387 g/mol. The van der Waals surface area contributed by atoms with E-state index in [-0.39, 0.29) is 0 Å². The highest BCUT2D eigenvalue weighted by molar-refractivity contribution is 7.89. The Labute approximate surface area is 149 Å². The number of carbonyl (C=O) groups is 1. The fraction of sp³-hybridized carbons (Fsp3) is 0.944. The van der Waals surface area contributed by atoms with Crippen LogP contribution < -0.4 is 0 Å². The van der Waals surface area contributed by atoms with Crippen molar-refractivity contribution in [1.82, 2.24) is 0 Å². The van der Waals surface area contributed by atoms with Crippen LogP contribution in [0.25, 0.3) is 0 Å². The molecule has 0 aliphatic heterocycles. The molecule has 1 saturated carbocycles. The maximum atomic E-state index is 13.1. The zero-order chi connectivity index (χ0) is 18.4. The van der Waals surface area contributed by atoms with Crippen LogP contribution in [-0.2, 0) is 4.79 Å². The van der Waals surface area contributed by atoms with Gasteiger partial charge in [0.05, 0.1) is 0 Å². The first-order chi connectivity index (χ1) is 10.1. The summed E-state index contributed by atoms with van der Waals surface area (Å²) in [6, 6.07) is 1.36. The van der Waals surface area contributed by atoms with Crippen LogP contribution in [0, 0.1) is 17.8 Å². The Balaban J connectivity index is 3.32. The summed E-state index contributed by atoms with van der Waals surface area (Å²) in [5.74, 6) is 1.96. The highest BCUT2D eigenvalue weighted by Gasteiger charge is 2.62. The summed E-state index contributed by atoms with van der Waals surface area (Å²) < 4.78 is 0. The number of carbonyl (C=O) groups excluding carboxylic acids is 1. The third-order valence-electron chi connectivity index (χ3n) is 6.79. The zero-order valence-corrected chi connectivity index (χ0v) is 21.8. The fourth-order valence-corrected chi connectivity index (χ4v) is 105. The minimum Gasteiger partial charge on any atom is -0.299 e. The minimum atomic E-state index is -1.38. The van der Waals surface area contributed by atoms with Crippen molar-refractivity contribution in [2.45, 2.75) is 91.7 Å². The lowest BCUT2D eigenvalue weighted by molar-refractivity contribution is -0.124. The summed E-state index contributed by atoms with van der Waals surface area (Å²) in [5, 5.41) is 0. The van der Waals surface area contributed by atoms with Gasteiger partial charge in [0.2, 0.25) is 0 Å². The molecule has 0 aromatic heterocycles. The molecule has 0 radical (unpaired) electrons. The summed E-state index contributed by atoms with van der Waals surface area (Å²) >= 11 is 0. The van der Waals surface area contributed by atoms with E-state index in [9.17, 15) is 4.79 Å². The Morgan fingerprint density at radius 2 is 1.22 bits per heavy atom. The van der Waals surface area contributed by atoms with Gasteiger partial charge < -0.3 is 0 Å². The average Bonchev–Trinajstić information content (AvgIpc) is 2.62. The topological polar surface area (TPSA) is 17.1 Å².